The molecule has 0 heterocycles. The van der Waals surface area contributed by atoms with Gasteiger partial charge in [0.15, 0.2) is 0 Å². The van der Waals surface area contributed by atoms with Gasteiger partial charge in [0.25, 0.3) is 0 Å². The van der Waals surface area contributed by atoms with Crippen LogP contribution < -0.4 is 10.6 Å². The Labute approximate surface area is 117 Å². The predicted octanol–water partition coefficient (Wildman–Crippen LogP) is 2.30. The third-order valence-electron chi connectivity index (χ3n) is 3.00. The first-order valence-corrected chi connectivity index (χ1v) is 6.42. The van der Waals surface area contributed by atoms with Crippen LogP contribution in [0.1, 0.15) is 31.9 Å². The fourth-order valence-corrected chi connectivity index (χ4v) is 1.61. The number of hydrogen-bond donors (Lipinski definition) is 3. The summed E-state index contributed by atoms with van der Waals surface area (Å²) in [6.45, 7) is 3.66. The Balaban J connectivity index is 2.35. The van der Waals surface area contributed by atoms with Crippen molar-refractivity contribution in [1.82, 2.24) is 10.6 Å². The molecule has 5 nitrogen and oxygen atoms in total. The lowest BCUT2D eigenvalue weighted by Crippen LogP contribution is -2.38. The van der Waals surface area contributed by atoms with E-state index in [1.54, 1.807) is 26.0 Å². The van der Waals surface area contributed by atoms with Crippen LogP contribution in [-0.2, 0) is 4.79 Å². The van der Waals surface area contributed by atoms with Crippen molar-refractivity contribution in [3.63, 3.8) is 0 Å². The van der Waals surface area contributed by atoms with Gasteiger partial charge in [-0.1, -0.05) is 19.1 Å². The smallest absolute Gasteiger partial charge is 0.315 e. The van der Waals surface area contributed by atoms with Crippen LogP contribution in [0, 0.1) is 11.7 Å². The minimum Gasteiger partial charge on any atom is -0.481 e. The number of benzene rings is 1. The highest BCUT2D eigenvalue weighted by molar-refractivity contribution is 5.74. The summed E-state index contributed by atoms with van der Waals surface area (Å²) < 4.78 is 12.8. The number of carboxylic acids is 1. The molecule has 20 heavy (non-hydrogen) atoms. The fourth-order valence-electron chi connectivity index (χ4n) is 1.61. The highest BCUT2D eigenvalue weighted by Crippen LogP contribution is 2.12. The lowest BCUT2D eigenvalue weighted by atomic mass is 10.1. The number of aliphatic carboxylic acids is 1. The number of urea groups is 1. The Kier molecular flexibility index (Phi) is 5.96. The van der Waals surface area contributed by atoms with E-state index in [9.17, 15) is 14.0 Å². The number of hydrogen-bond acceptors (Lipinski definition) is 2. The summed E-state index contributed by atoms with van der Waals surface area (Å²) in [4.78, 5) is 22.2. The molecule has 0 fully saturated rings. The molecular weight excluding hydrogens is 263 g/mol. The van der Waals surface area contributed by atoms with E-state index in [1.807, 2.05) is 0 Å². The lowest BCUT2D eigenvalue weighted by Gasteiger charge is -2.15. The third-order valence-corrected chi connectivity index (χ3v) is 3.00. The molecule has 2 atom stereocenters. The van der Waals surface area contributed by atoms with Crippen molar-refractivity contribution in [3.8, 4) is 0 Å². The highest BCUT2D eigenvalue weighted by atomic mass is 19.1. The molecule has 0 saturated carbocycles. The first-order valence-electron chi connectivity index (χ1n) is 6.42. The summed E-state index contributed by atoms with van der Waals surface area (Å²) in [5.41, 5.74) is 0.792. The molecule has 0 aliphatic heterocycles. The molecule has 0 aliphatic carbocycles. The maximum Gasteiger partial charge on any atom is 0.315 e. The van der Waals surface area contributed by atoms with Gasteiger partial charge in [0.2, 0.25) is 0 Å². The van der Waals surface area contributed by atoms with E-state index in [0.717, 1.165) is 5.56 Å². The van der Waals surface area contributed by atoms with E-state index >= 15 is 0 Å². The molecule has 0 aliphatic rings. The van der Waals surface area contributed by atoms with Gasteiger partial charge < -0.3 is 15.7 Å². The second-order valence-electron chi connectivity index (χ2n) is 4.70. The summed E-state index contributed by atoms with van der Waals surface area (Å²) in [6, 6.07) is 5.24. The van der Waals surface area contributed by atoms with Crippen molar-refractivity contribution in [2.75, 3.05) is 6.54 Å². The molecule has 0 bridgehead atoms. The number of rotatable bonds is 6. The monoisotopic (exact) mass is 282 g/mol. The zero-order chi connectivity index (χ0) is 15.1. The van der Waals surface area contributed by atoms with Gasteiger partial charge in [0.1, 0.15) is 5.82 Å². The van der Waals surface area contributed by atoms with Crippen molar-refractivity contribution in [2.24, 2.45) is 5.92 Å². The lowest BCUT2D eigenvalue weighted by molar-refractivity contribution is -0.141. The average Bonchev–Trinajstić information content (AvgIpc) is 2.39. The minimum absolute atomic E-state index is 0.257. The van der Waals surface area contributed by atoms with Crippen LogP contribution in [0.2, 0.25) is 0 Å². The summed E-state index contributed by atoms with van der Waals surface area (Å²) in [5.74, 6) is -1.70. The first kappa shape index (κ1) is 15.9. The SMILES string of the molecule is CC(CCNC(=O)NC(C)c1ccc(F)cc1)C(=O)O. The van der Waals surface area contributed by atoms with Crippen molar-refractivity contribution in [2.45, 2.75) is 26.3 Å². The van der Waals surface area contributed by atoms with Crippen LogP contribution in [-0.4, -0.2) is 23.7 Å². The maximum absolute atomic E-state index is 12.8. The van der Waals surface area contributed by atoms with Gasteiger partial charge in [0, 0.05) is 6.54 Å². The van der Waals surface area contributed by atoms with E-state index in [4.69, 9.17) is 5.11 Å². The maximum atomic E-state index is 12.8. The van der Waals surface area contributed by atoms with E-state index < -0.39 is 11.9 Å². The van der Waals surface area contributed by atoms with Crippen LogP contribution in [0.25, 0.3) is 0 Å². The standard InChI is InChI=1S/C14H19FN2O3/c1-9(13(18)19)7-8-16-14(20)17-10(2)11-3-5-12(15)6-4-11/h3-6,9-10H,7-8H2,1-2H3,(H,18,19)(H2,16,17,20). The highest BCUT2D eigenvalue weighted by Gasteiger charge is 2.12. The predicted molar refractivity (Wildman–Crippen MR) is 72.8 cm³/mol. The van der Waals surface area contributed by atoms with Gasteiger partial charge in [-0.3, -0.25) is 4.79 Å². The molecule has 1 aromatic rings. The van der Waals surface area contributed by atoms with Crippen molar-refractivity contribution < 1.29 is 19.1 Å². The van der Waals surface area contributed by atoms with Gasteiger partial charge in [-0.05, 0) is 31.0 Å². The Morgan fingerprint density at radius 2 is 1.85 bits per heavy atom. The van der Waals surface area contributed by atoms with Gasteiger partial charge in [-0.15, -0.1) is 0 Å². The van der Waals surface area contributed by atoms with E-state index in [-0.39, 0.29) is 24.4 Å². The Bertz CT molecular complexity index is 462. The molecule has 1 aromatic carbocycles. The summed E-state index contributed by atoms with van der Waals surface area (Å²) >= 11 is 0. The number of halogens is 1. The zero-order valence-electron chi connectivity index (χ0n) is 11.5. The molecule has 1 rings (SSSR count). The van der Waals surface area contributed by atoms with Crippen LogP contribution in [0.3, 0.4) is 0 Å². The molecule has 110 valence electrons. The molecule has 6 heteroatoms. The summed E-state index contributed by atoms with van der Waals surface area (Å²) in [5, 5.41) is 14.0. The molecular formula is C14H19FN2O3. The van der Waals surface area contributed by atoms with Gasteiger partial charge in [-0.25, -0.2) is 9.18 Å². The number of carbonyl (C=O) groups is 2. The quantitative estimate of drug-likeness (QED) is 0.749. The molecule has 3 N–H and O–H groups in total. The Morgan fingerprint density at radius 3 is 2.40 bits per heavy atom. The van der Waals surface area contributed by atoms with Crippen molar-refractivity contribution in [3.05, 3.63) is 35.6 Å². The summed E-state index contributed by atoms with van der Waals surface area (Å²) in [7, 11) is 0. The first-order chi connectivity index (χ1) is 9.40. The topological polar surface area (TPSA) is 78.4 Å². The number of carboxylic acid groups (broad SMARTS) is 1. The summed E-state index contributed by atoms with van der Waals surface area (Å²) in [6.07, 6.45) is 0.369. The molecule has 0 spiro atoms. The van der Waals surface area contributed by atoms with Crippen LogP contribution in [0.5, 0.6) is 0 Å². The van der Waals surface area contributed by atoms with E-state index in [1.165, 1.54) is 12.1 Å². The van der Waals surface area contributed by atoms with Crippen LogP contribution in [0.4, 0.5) is 9.18 Å². The second kappa shape index (κ2) is 7.47. The average molecular weight is 282 g/mol. The molecule has 0 radical (unpaired) electrons. The number of carbonyl (C=O) groups excluding carboxylic acids is 1. The van der Waals surface area contributed by atoms with E-state index in [2.05, 4.69) is 10.6 Å². The van der Waals surface area contributed by atoms with E-state index in [0.29, 0.717) is 6.42 Å². The van der Waals surface area contributed by atoms with Gasteiger partial charge in [-0.2, -0.15) is 0 Å². The largest absolute Gasteiger partial charge is 0.481 e. The van der Waals surface area contributed by atoms with Gasteiger partial charge >= 0.3 is 12.0 Å². The van der Waals surface area contributed by atoms with Crippen LogP contribution >= 0.6 is 0 Å². The number of nitrogens with one attached hydrogen (secondary N) is 2. The van der Waals surface area contributed by atoms with Crippen molar-refractivity contribution >= 4 is 12.0 Å². The normalized spacial score (nSPS) is 13.3. The molecule has 2 unspecified atom stereocenters. The van der Waals surface area contributed by atoms with Crippen molar-refractivity contribution in [1.29, 1.82) is 0 Å². The Morgan fingerprint density at radius 1 is 1.25 bits per heavy atom. The Hall–Kier alpha value is -2.11. The van der Waals surface area contributed by atoms with Crippen LogP contribution in [0.15, 0.2) is 24.3 Å². The van der Waals surface area contributed by atoms with Gasteiger partial charge in [0.05, 0.1) is 12.0 Å². The minimum atomic E-state index is -0.883. The third kappa shape index (κ3) is 5.26. The number of amides is 2. The molecule has 0 saturated heterocycles. The molecule has 2 amide bonds. The second-order valence-corrected chi connectivity index (χ2v) is 4.70. The zero-order valence-corrected chi connectivity index (χ0v) is 11.5. The molecule has 0 aromatic heterocycles. The fraction of sp³-hybridized carbons (Fsp3) is 0.429.